The van der Waals surface area contributed by atoms with E-state index in [0.29, 0.717) is 5.02 Å². The second kappa shape index (κ2) is 5.36. The molecule has 1 rings (SSSR count). The van der Waals surface area contributed by atoms with Crippen LogP contribution in [-0.4, -0.2) is 31.7 Å². The van der Waals surface area contributed by atoms with Crippen LogP contribution in [-0.2, 0) is 10.0 Å². The highest BCUT2D eigenvalue weighted by Crippen LogP contribution is 2.19. The molecule has 0 aliphatic heterocycles. The van der Waals surface area contributed by atoms with E-state index in [0.717, 1.165) is 0 Å². The summed E-state index contributed by atoms with van der Waals surface area (Å²) in [7, 11) is -1.97. The van der Waals surface area contributed by atoms with Gasteiger partial charge in [-0.3, -0.25) is 0 Å². The maximum atomic E-state index is 12.1. The summed E-state index contributed by atoms with van der Waals surface area (Å²) in [5.41, 5.74) is 0. The Kier molecular flexibility index (Phi) is 4.62. The second-order valence-electron chi connectivity index (χ2n) is 3.48. The molecule has 0 N–H and O–H groups in total. The summed E-state index contributed by atoms with van der Waals surface area (Å²) in [6, 6.07) is 5.81. The molecule has 0 aliphatic carbocycles. The van der Waals surface area contributed by atoms with Crippen molar-refractivity contribution in [3.8, 4) is 0 Å². The summed E-state index contributed by atoms with van der Waals surface area (Å²) in [5, 5.41) is 0.506. The van der Waals surface area contributed by atoms with Crippen molar-refractivity contribution in [3.05, 3.63) is 29.3 Å². The predicted octanol–water partition coefficient (Wildman–Crippen LogP) is 2.59. The zero-order valence-electron chi connectivity index (χ0n) is 9.02. The minimum Gasteiger partial charge on any atom is -0.207 e. The van der Waals surface area contributed by atoms with E-state index >= 15 is 0 Å². The fourth-order valence-electron chi connectivity index (χ4n) is 1.11. The van der Waals surface area contributed by atoms with Gasteiger partial charge in [-0.1, -0.05) is 11.6 Å². The van der Waals surface area contributed by atoms with E-state index in [2.05, 4.69) is 0 Å². The van der Waals surface area contributed by atoms with Gasteiger partial charge in [0.1, 0.15) is 0 Å². The Labute approximate surface area is 106 Å². The third-order valence-electron chi connectivity index (χ3n) is 2.33. The van der Waals surface area contributed by atoms with Crippen LogP contribution in [0.4, 0.5) is 0 Å². The molecule has 0 saturated carbocycles. The Morgan fingerprint density at radius 2 is 1.81 bits per heavy atom. The molecule has 0 saturated heterocycles. The fraction of sp³-hybridized carbons (Fsp3) is 0.400. The molecule has 3 nitrogen and oxygen atoms in total. The van der Waals surface area contributed by atoms with Crippen molar-refractivity contribution in [2.24, 2.45) is 0 Å². The monoisotopic (exact) mass is 281 g/mol. The SMILES string of the molecule is CC(CCl)N(C)S(=O)(=O)c1ccc(Cl)cc1. The summed E-state index contributed by atoms with van der Waals surface area (Å²) >= 11 is 11.3. The standard InChI is InChI=1S/C10H13Cl2NO2S/c1-8(7-11)13(2)16(14,15)10-5-3-9(12)4-6-10/h3-6,8H,7H2,1-2H3. The Balaban J connectivity index is 3.07. The molecule has 0 bridgehead atoms. The zero-order valence-corrected chi connectivity index (χ0v) is 11.4. The first-order valence-electron chi connectivity index (χ1n) is 4.69. The van der Waals surface area contributed by atoms with Gasteiger partial charge in [0.05, 0.1) is 4.90 Å². The maximum Gasteiger partial charge on any atom is 0.243 e. The Hall–Kier alpha value is -0.290. The van der Waals surface area contributed by atoms with E-state index in [-0.39, 0.29) is 16.8 Å². The molecule has 0 aliphatic rings. The van der Waals surface area contributed by atoms with E-state index in [1.54, 1.807) is 19.1 Å². The molecular weight excluding hydrogens is 269 g/mol. The van der Waals surface area contributed by atoms with Crippen molar-refractivity contribution in [2.45, 2.75) is 17.9 Å². The zero-order chi connectivity index (χ0) is 12.3. The largest absolute Gasteiger partial charge is 0.243 e. The Bertz CT molecular complexity index is 444. The summed E-state index contributed by atoms with van der Waals surface area (Å²) in [6.45, 7) is 1.75. The highest BCUT2D eigenvalue weighted by atomic mass is 35.5. The Morgan fingerprint density at radius 1 is 1.31 bits per heavy atom. The number of alkyl halides is 1. The van der Waals surface area contributed by atoms with Gasteiger partial charge in [0.2, 0.25) is 10.0 Å². The summed E-state index contributed by atoms with van der Waals surface area (Å²) in [6.07, 6.45) is 0. The number of hydrogen-bond donors (Lipinski definition) is 0. The molecule has 0 radical (unpaired) electrons. The number of halogens is 2. The Morgan fingerprint density at radius 3 is 2.25 bits per heavy atom. The van der Waals surface area contributed by atoms with Crippen LogP contribution in [0.3, 0.4) is 0 Å². The molecule has 0 aromatic heterocycles. The molecular formula is C10H13Cl2NO2S. The van der Waals surface area contributed by atoms with Crippen molar-refractivity contribution in [2.75, 3.05) is 12.9 Å². The third-order valence-corrected chi connectivity index (χ3v) is 5.02. The van der Waals surface area contributed by atoms with Gasteiger partial charge in [-0.2, -0.15) is 4.31 Å². The highest BCUT2D eigenvalue weighted by Gasteiger charge is 2.24. The molecule has 0 spiro atoms. The summed E-state index contributed by atoms with van der Waals surface area (Å²) < 4.78 is 25.4. The normalized spacial score (nSPS) is 14.1. The van der Waals surface area contributed by atoms with Crippen LogP contribution in [0.1, 0.15) is 6.92 Å². The number of nitrogens with zero attached hydrogens (tertiary/aromatic N) is 1. The van der Waals surface area contributed by atoms with Crippen LogP contribution in [0.2, 0.25) is 5.02 Å². The van der Waals surface area contributed by atoms with Crippen molar-refractivity contribution in [1.82, 2.24) is 4.31 Å². The van der Waals surface area contributed by atoms with Gasteiger partial charge >= 0.3 is 0 Å². The molecule has 0 amide bonds. The van der Waals surface area contributed by atoms with Crippen LogP contribution in [0, 0.1) is 0 Å². The maximum absolute atomic E-state index is 12.1. The van der Waals surface area contributed by atoms with Gasteiger partial charge < -0.3 is 0 Å². The van der Waals surface area contributed by atoms with Gasteiger partial charge in [0.25, 0.3) is 0 Å². The molecule has 16 heavy (non-hydrogen) atoms. The molecule has 1 atom stereocenters. The van der Waals surface area contributed by atoms with Crippen LogP contribution < -0.4 is 0 Å². The van der Waals surface area contributed by atoms with E-state index in [1.807, 2.05) is 0 Å². The second-order valence-corrected chi connectivity index (χ2v) is 6.22. The van der Waals surface area contributed by atoms with E-state index in [1.165, 1.54) is 23.5 Å². The van der Waals surface area contributed by atoms with Crippen LogP contribution in [0.25, 0.3) is 0 Å². The molecule has 0 fully saturated rings. The van der Waals surface area contributed by atoms with Gasteiger partial charge in [0, 0.05) is 24.0 Å². The summed E-state index contributed by atoms with van der Waals surface area (Å²) in [5.74, 6) is 0.253. The number of hydrogen-bond acceptors (Lipinski definition) is 2. The molecule has 1 aromatic rings. The van der Waals surface area contributed by atoms with Crippen LogP contribution >= 0.6 is 23.2 Å². The molecule has 1 unspecified atom stereocenters. The lowest BCUT2D eigenvalue weighted by Gasteiger charge is -2.22. The fourth-order valence-corrected chi connectivity index (χ4v) is 2.88. The predicted molar refractivity (Wildman–Crippen MR) is 66.6 cm³/mol. The van der Waals surface area contributed by atoms with Gasteiger partial charge in [-0.15, -0.1) is 11.6 Å². The molecule has 90 valence electrons. The summed E-state index contributed by atoms with van der Waals surface area (Å²) in [4.78, 5) is 0.219. The van der Waals surface area contributed by atoms with Crippen LogP contribution in [0.5, 0.6) is 0 Å². The van der Waals surface area contributed by atoms with Crippen LogP contribution in [0.15, 0.2) is 29.2 Å². The van der Waals surface area contributed by atoms with E-state index < -0.39 is 10.0 Å². The minimum absolute atomic E-state index is 0.219. The molecule has 1 aromatic carbocycles. The number of benzene rings is 1. The van der Waals surface area contributed by atoms with E-state index in [9.17, 15) is 8.42 Å². The quantitative estimate of drug-likeness (QED) is 0.796. The average Bonchev–Trinajstić information content (AvgIpc) is 2.27. The lowest BCUT2D eigenvalue weighted by Crippen LogP contribution is -2.36. The highest BCUT2D eigenvalue weighted by molar-refractivity contribution is 7.89. The van der Waals surface area contributed by atoms with Gasteiger partial charge in [-0.05, 0) is 31.2 Å². The first-order chi connectivity index (χ1) is 7.39. The average molecular weight is 282 g/mol. The third kappa shape index (κ3) is 2.88. The lowest BCUT2D eigenvalue weighted by molar-refractivity contribution is 0.413. The van der Waals surface area contributed by atoms with Crippen molar-refractivity contribution >= 4 is 33.2 Å². The van der Waals surface area contributed by atoms with Crippen molar-refractivity contribution in [3.63, 3.8) is 0 Å². The first-order valence-corrected chi connectivity index (χ1v) is 7.04. The number of rotatable bonds is 4. The van der Waals surface area contributed by atoms with Gasteiger partial charge in [-0.25, -0.2) is 8.42 Å². The minimum atomic E-state index is -3.48. The van der Waals surface area contributed by atoms with E-state index in [4.69, 9.17) is 23.2 Å². The lowest BCUT2D eigenvalue weighted by atomic mass is 10.4. The van der Waals surface area contributed by atoms with Gasteiger partial charge in [0.15, 0.2) is 0 Å². The first kappa shape index (κ1) is 13.8. The smallest absolute Gasteiger partial charge is 0.207 e. The molecule has 0 heterocycles. The van der Waals surface area contributed by atoms with Crippen molar-refractivity contribution in [1.29, 1.82) is 0 Å². The topological polar surface area (TPSA) is 37.4 Å². The molecule has 6 heteroatoms. The number of sulfonamides is 1. The van der Waals surface area contributed by atoms with Crippen molar-refractivity contribution < 1.29 is 8.42 Å².